The Morgan fingerprint density at radius 3 is 2.68 bits per heavy atom. The number of hydrogen-bond donors (Lipinski definition) is 2. The summed E-state index contributed by atoms with van der Waals surface area (Å²) in [5.74, 6) is 1.67. The Labute approximate surface area is 169 Å². The lowest BCUT2D eigenvalue weighted by atomic mass is 10.0. The zero-order chi connectivity index (χ0) is 19.5. The second-order valence-corrected chi connectivity index (χ2v) is 7.87. The lowest BCUT2D eigenvalue weighted by Gasteiger charge is -2.15. The fourth-order valence-electron chi connectivity index (χ4n) is 3.45. The minimum Gasteiger partial charge on any atom is -0.362 e. The van der Waals surface area contributed by atoms with Crippen molar-refractivity contribution in [2.75, 3.05) is 12.4 Å². The van der Waals surface area contributed by atoms with E-state index in [9.17, 15) is 0 Å². The molecule has 0 bridgehead atoms. The number of fused-ring (bicyclic) bond motifs is 1. The highest BCUT2D eigenvalue weighted by atomic mass is 32.1. The molecule has 0 aliphatic rings. The standard InChI is InChI=1S/C23H24N4S/c1-15(25-23-20-10-6-7-11-21(20)26-16(2)27-23)22-12-18(14-28-22)19-9-5-4-8-17(19)13-24-3/h4-12,14-15,24H,13H2,1-3H3,(H,25,26,27). The Bertz CT molecular complexity index is 1100. The lowest BCUT2D eigenvalue weighted by Crippen LogP contribution is -2.08. The number of hydrogen-bond acceptors (Lipinski definition) is 5. The number of anilines is 1. The molecule has 2 aromatic heterocycles. The summed E-state index contributed by atoms with van der Waals surface area (Å²) in [5.41, 5.74) is 4.84. The Balaban J connectivity index is 1.62. The van der Waals surface area contributed by atoms with Gasteiger partial charge in [-0.3, -0.25) is 0 Å². The van der Waals surface area contributed by atoms with Gasteiger partial charge >= 0.3 is 0 Å². The molecule has 0 aliphatic heterocycles. The molecule has 0 aliphatic carbocycles. The number of para-hydroxylation sites is 1. The van der Waals surface area contributed by atoms with Crippen molar-refractivity contribution in [1.29, 1.82) is 0 Å². The zero-order valence-electron chi connectivity index (χ0n) is 16.4. The van der Waals surface area contributed by atoms with Crippen LogP contribution >= 0.6 is 11.3 Å². The SMILES string of the molecule is CNCc1ccccc1-c1csc(C(C)Nc2nc(C)nc3ccccc23)c1. The van der Waals surface area contributed by atoms with Gasteiger partial charge in [0, 0.05) is 16.8 Å². The molecule has 0 fully saturated rings. The minimum absolute atomic E-state index is 0.160. The number of nitrogens with zero attached hydrogens (tertiary/aromatic N) is 2. The third kappa shape index (κ3) is 3.77. The fourth-order valence-corrected chi connectivity index (χ4v) is 4.36. The molecule has 0 amide bonds. The van der Waals surface area contributed by atoms with Crippen LogP contribution in [0.2, 0.25) is 0 Å². The van der Waals surface area contributed by atoms with Crippen molar-refractivity contribution in [3.05, 3.63) is 76.2 Å². The number of nitrogens with one attached hydrogen (secondary N) is 2. The Hall–Kier alpha value is -2.76. The van der Waals surface area contributed by atoms with Crippen LogP contribution in [0.15, 0.2) is 60.0 Å². The third-order valence-electron chi connectivity index (χ3n) is 4.81. The van der Waals surface area contributed by atoms with Gasteiger partial charge in [-0.1, -0.05) is 36.4 Å². The number of rotatable bonds is 6. The van der Waals surface area contributed by atoms with Crippen LogP contribution in [0.4, 0.5) is 5.82 Å². The Kier molecular flexibility index (Phi) is 5.37. The molecule has 1 unspecified atom stereocenters. The largest absolute Gasteiger partial charge is 0.362 e. The van der Waals surface area contributed by atoms with Gasteiger partial charge in [0.2, 0.25) is 0 Å². The van der Waals surface area contributed by atoms with Crippen molar-refractivity contribution in [3.8, 4) is 11.1 Å². The predicted octanol–water partition coefficient (Wildman–Crippen LogP) is 5.56. The summed E-state index contributed by atoms with van der Waals surface area (Å²) in [5, 5.41) is 10.1. The van der Waals surface area contributed by atoms with Gasteiger partial charge < -0.3 is 10.6 Å². The van der Waals surface area contributed by atoms with Gasteiger partial charge in [-0.15, -0.1) is 11.3 Å². The molecule has 28 heavy (non-hydrogen) atoms. The van der Waals surface area contributed by atoms with Crippen molar-refractivity contribution in [2.45, 2.75) is 26.4 Å². The van der Waals surface area contributed by atoms with E-state index in [-0.39, 0.29) is 6.04 Å². The summed E-state index contributed by atoms with van der Waals surface area (Å²) in [4.78, 5) is 10.5. The van der Waals surface area contributed by atoms with Gasteiger partial charge in [0.25, 0.3) is 0 Å². The van der Waals surface area contributed by atoms with E-state index in [4.69, 9.17) is 0 Å². The maximum atomic E-state index is 4.64. The maximum Gasteiger partial charge on any atom is 0.138 e. The number of aromatic nitrogens is 2. The van der Waals surface area contributed by atoms with Gasteiger partial charge in [0.05, 0.1) is 11.6 Å². The van der Waals surface area contributed by atoms with Gasteiger partial charge in [-0.05, 0) is 61.2 Å². The molecule has 4 rings (SSSR count). The number of thiophene rings is 1. The highest BCUT2D eigenvalue weighted by Gasteiger charge is 2.14. The van der Waals surface area contributed by atoms with E-state index < -0.39 is 0 Å². The molecular weight excluding hydrogens is 364 g/mol. The van der Waals surface area contributed by atoms with Crippen molar-refractivity contribution in [1.82, 2.24) is 15.3 Å². The lowest BCUT2D eigenvalue weighted by molar-refractivity contribution is 0.819. The molecule has 2 aromatic carbocycles. The Morgan fingerprint density at radius 2 is 1.82 bits per heavy atom. The van der Waals surface area contributed by atoms with Crippen LogP contribution in [0, 0.1) is 6.92 Å². The van der Waals surface area contributed by atoms with E-state index in [0.29, 0.717) is 0 Å². The second kappa shape index (κ2) is 8.09. The zero-order valence-corrected chi connectivity index (χ0v) is 17.2. The van der Waals surface area contributed by atoms with E-state index in [1.807, 2.05) is 32.2 Å². The van der Waals surface area contributed by atoms with Crippen LogP contribution in [0.1, 0.15) is 29.2 Å². The molecule has 5 heteroatoms. The summed E-state index contributed by atoms with van der Waals surface area (Å²) in [7, 11) is 1.98. The molecule has 0 spiro atoms. The summed E-state index contributed by atoms with van der Waals surface area (Å²) in [6.07, 6.45) is 0. The molecule has 4 nitrogen and oxygen atoms in total. The quantitative estimate of drug-likeness (QED) is 0.454. The van der Waals surface area contributed by atoms with Crippen molar-refractivity contribution < 1.29 is 0 Å². The minimum atomic E-state index is 0.160. The number of benzene rings is 2. The Morgan fingerprint density at radius 1 is 1.04 bits per heavy atom. The first kappa shape index (κ1) is 18.6. The van der Waals surface area contributed by atoms with Crippen molar-refractivity contribution in [2.24, 2.45) is 0 Å². The van der Waals surface area contributed by atoms with Gasteiger partial charge in [-0.2, -0.15) is 0 Å². The summed E-state index contributed by atoms with van der Waals surface area (Å²) in [6, 6.07) is 19.1. The van der Waals surface area contributed by atoms with Crippen molar-refractivity contribution >= 4 is 28.1 Å². The first-order valence-electron chi connectivity index (χ1n) is 9.47. The highest BCUT2D eigenvalue weighted by molar-refractivity contribution is 7.10. The molecule has 4 aromatic rings. The normalized spacial score (nSPS) is 12.2. The average Bonchev–Trinajstić information content (AvgIpc) is 3.19. The van der Waals surface area contributed by atoms with Gasteiger partial charge in [0.1, 0.15) is 11.6 Å². The first-order chi connectivity index (χ1) is 13.7. The fraction of sp³-hybridized carbons (Fsp3) is 0.217. The van der Waals surface area contributed by atoms with Gasteiger partial charge in [0.15, 0.2) is 0 Å². The van der Waals surface area contributed by atoms with Crippen LogP contribution in [0.3, 0.4) is 0 Å². The monoisotopic (exact) mass is 388 g/mol. The van der Waals surface area contributed by atoms with Crippen LogP contribution in [-0.4, -0.2) is 17.0 Å². The maximum absolute atomic E-state index is 4.64. The van der Waals surface area contributed by atoms with E-state index in [0.717, 1.165) is 29.1 Å². The summed E-state index contributed by atoms with van der Waals surface area (Å²) in [6.45, 7) is 4.98. The predicted molar refractivity (Wildman–Crippen MR) is 119 cm³/mol. The first-order valence-corrected chi connectivity index (χ1v) is 10.3. The average molecular weight is 389 g/mol. The summed E-state index contributed by atoms with van der Waals surface area (Å²) < 4.78 is 0. The molecule has 1 atom stereocenters. The van der Waals surface area contributed by atoms with Crippen LogP contribution < -0.4 is 10.6 Å². The summed E-state index contributed by atoms with van der Waals surface area (Å²) >= 11 is 1.78. The molecule has 2 N–H and O–H groups in total. The van der Waals surface area contributed by atoms with Gasteiger partial charge in [-0.25, -0.2) is 9.97 Å². The molecule has 0 radical (unpaired) electrons. The van der Waals surface area contributed by atoms with E-state index in [2.05, 4.69) is 69.3 Å². The van der Waals surface area contributed by atoms with Crippen LogP contribution in [0.25, 0.3) is 22.0 Å². The molecular formula is C23H24N4S. The molecule has 2 heterocycles. The van der Waals surface area contributed by atoms with E-state index >= 15 is 0 Å². The highest BCUT2D eigenvalue weighted by Crippen LogP contribution is 2.33. The van der Waals surface area contributed by atoms with E-state index in [1.165, 1.54) is 21.6 Å². The number of aryl methyl sites for hydroxylation is 1. The molecule has 0 saturated carbocycles. The molecule has 0 saturated heterocycles. The smallest absolute Gasteiger partial charge is 0.138 e. The molecule has 142 valence electrons. The second-order valence-electron chi connectivity index (χ2n) is 6.93. The van der Waals surface area contributed by atoms with Crippen molar-refractivity contribution in [3.63, 3.8) is 0 Å². The van der Waals surface area contributed by atoms with Crippen LogP contribution in [-0.2, 0) is 6.54 Å². The third-order valence-corrected chi connectivity index (χ3v) is 5.93. The topological polar surface area (TPSA) is 49.8 Å². The van der Waals surface area contributed by atoms with Crippen LogP contribution in [0.5, 0.6) is 0 Å². The van der Waals surface area contributed by atoms with E-state index in [1.54, 1.807) is 11.3 Å².